The molecule has 0 saturated carbocycles. The second-order valence-corrected chi connectivity index (χ2v) is 6.45. The Morgan fingerprint density at radius 2 is 1.70 bits per heavy atom. The molecule has 0 bridgehead atoms. The summed E-state index contributed by atoms with van der Waals surface area (Å²) in [6.07, 6.45) is 3.81. The topological polar surface area (TPSA) is 54.9 Å². The van der Waals surface area contributed by atoms with Crippen molar-refractivity contribution in [2.75, 3.05) is 72.1 Å². The van der Waals surface area contributed by atoms with Crippen LogP contribution in [0, 0.1) is 0 Å². The van der Waals surface area contributed by atoms with Gasteiger partial charge in [-0.3, -0.25) is 19.7 Å². The zero-order valence-corrected chi connectivity index (χ0v) is 13.9. The highest BCUT2D eigenvalue weighted by atomic mass is 16.3. The van der Waals surface area contributed by atoms with Crippen LogP contribution in [0.1, 0.15) is 11.6 Å². The van der Waals surface area contributed by atoms with Gasteiger partial charge in [0.2, 0.25) is 0 Å². The number of piperazine rings is 2. The molecule has 0 radical (unpaired) electrons. The molecule has 0 amide bonds. The normalized spacial score (nSPS) is 23.0. The highest BCUT2D eigenvalue weighted by molar-refractivity contribution is 5.16. The molecule has 6 heteroatoms. The lowest BCUT2D eigenvalue weighted by Gasteiger charge is -2.41. The Kier molecular flexibility index (Phi) is 6.36. The maximum absolute atomic E-state index is 9.11. The van der Waals surface area contributed by atoms with Crippen molar-refractivity contribution < 1.29 is 5.11 Å². The largest absolute Gasteiger partial charge is 0.395 e. The first-order valence-corrected chi connectivity index (χ1v) is 8.77. The Bertz CT molecular complexity index is 444. The molecule has 2 saturated heterocycles. The molecule has 0 aliphatic carbocycles. The van der Waals surface area contributed by atoms with E-state index in [1.165, 1.54) is 5.56 Å². The van der Waals surface area contributed by atoms with Gasteiger partial charge in [0, 0.05) is 83.9 Å². The molecule has 3 heterocycles. The molecule has 1 aromatic heterocycles. The molecule has 128 valence electrons. The SMILES string of the molecule is OCCN1CCN(C(CN2CCNCC2)c2ccncc2)CC1. The average molecular weight is 319 g/mol. The van der Waals surface area contributed by atoms with Crippen LogP contribution in [0.2, 0.25) is 0 Å². The fraction of sp³-hybridized carbons (Fsp3) is 0.706. The van der Waals surface area contributed by atoms with Crippen molar-refractivity contribution in [3.63, 3.8) is 0 Å². The third-order valence-electron chi connectivity index (χ3n) is 5.00. The van der Waals surface area contributed by atoms with E-state index in [-0.39, 0.29) is 6.61 Å². The lowest BCUT2D eigenvalue weighted by atomic mass is 10.0. The number of nitrogens with zero attached hydrogens (tertiary/aromatic N) is 4. The standard InChI is InChI=1S/C17H29N5O/c23-14-13-20-9-11-22(12-10-20)17(16-1-3-18-4-2-16)15-21-7-5-19-6-8-21/h1-4,17,19,23H,5-15H2. The highest BCUT2D eigenvalue weighted by Crippen LogP contribution is 2.23. The zero-order chi connectivity index (χ0) is 15.9. The molecule has 1 unspecified atom stereocenters. The molecular formula is C17H29N5O. The first-order chi connectivity index (χ1) is 11.4. The van der Waals surface area contributed by atoms with Crippen LogP contribution in [-0.4, -0.2) is 96.8 Å². The second kappa shape index (κ2) is 8.70. The molecule has 2 aliphatic heterocycles. The van der Waals surface area contributed by atoms with Gasteiger partial charge in [0.1, 0.15) is 0 Å². The minimum absolute atomic E-state index is 0.258. The van der Waals surface area contributed by atoms with E-state index in [0.717, 1.165) is 65.4 Å². The summed E-state index contributed by atoms with van der Waals surface area (Å²) in [6.45, 7) is 10.8. The minimum Gasteiger partial charge on any atom is -0.395 e. The van der Waals surface area contributed by atoms with E-state index in [2.05, 4.69) is 37.1 Å². The van der Waals surface area contributed by atoms with Crippen molar-refractivity contribution in [2.24, 2.45) is 0 Å². The number of pyridine rings is 1. The third-order valence-corrected chi connectivity index (χ3v) is 5.00. The van der Waals surface area contributed by atoms with Crippen molar-refractivity contribution in [1.29, 1.82) is 0 Å². The second-order valence-electron chi connectivity index (χ2n) is 6.45. The van der Waals surface area contributed by atoms with Crippen LogP contribution >= 0.6 is 0 Å². The van der Waals surface area contributed by atoms with Gasteiger partial charge >= 0.3 is 0 Å². The minimum atomic E-state index is 0.258. The van der Waals surface area contributed by atoms with Crippen molar-refractivity contribution in [1.82, 2.24) is 25.0 Å². The van der Waals surface area contributed by atoms with Crippen LogP contribution in [0.15, 0.2) is 24.5 Å². The number of aliphatic hydroxyl groups excluding tert-OH is 1. The van der Waals surface area contributed by atoms with Crippen LogP contribution in [0.25, 0.3) is 0 Å². The maximum Gasteiger partial charge on any atom is 0.0558 e. The van der Waals surface area contributed by atoms with Crippen molar-refractivity contribution in [3.8, 4) is 0 Å². The van der Waals surface area contributed by atoms with E-state index in [4.69, 9.17) is 5.11 Å². The van der Waals surface area contributed by atoms with Crippen molar-refractivity contribution in [3.05, 3.63) is 30.1 Å². The number of hydrogen-bond donors (Lipinski definition) is 2. The van der Waals surface area contributed by atoms with Crippen LogP contribution in [0.4, 0.5) is 0 Å². The van der Waals surface area contributed by atoms with Gasteiger partial charge in [0.05, 0.1) is 6.61 Å². The van der Waals surface area contributed by atoms with Crippen molar-refractivity contribution in [2.45, 2.75) is 6.04 Å². The number of β-amino-alcohol motifs (C(OH)–C–C–N with tert-alkyl or cyclic N) is 1. The van der Waals surface area contributed by atoms with Crippen molar-refractivity contribution >= 4 is 0 Å². The van der Waals surface area contributed by atoms with E-state index in [0.29, 0.717) is 6.04 Å². The summed E-state index contributed by atoms with van der Waals surface area (Å²) >= 11 is 0. The quantitative estimate of drug-likeness (QED) is 0.747. The summed E-state index contributed by atoms with van der Waals surface area (Å²) in [5.41, 5.74) is 1.37. The Hall–Kier alpha value is -1.05. The Morgan fingerprint density at radius 1 is 1.00 bits per heavy atom. The molecule has 0 spiro atoms. The molecule has 2 N–H and O–H groups in total. The van der Waals surface area contributed by atoms with Crippen LogP contribution < -0.4 is 5.32 Å². The fourth-order valence-electron chi connectivity index (χ4n) is 3.60. The number of aliphatic hydroxyl groups is 1. The van der Waals surface area contributed by atoms with Gasteiger partial charge in [-0.1, -0.05) is 0 Å². The highest BCUT2D eigenvalue weighted by Gasteiger charge is 2.27. The predicted octanol–water partition coefficient (Wildman–Crippen LogP) is -0.362. The van der Waals surface area contributed by atoms with Gasteiger partial charge in [0.15, 0.2) is 0 Å². The summed E-state index contributed by atoms with van der Waals surface area (Å²) in [6, 6.07) is 4.76. The number of nitrogens with one attached hydrogen (secondary N) is 1. The lowest BCUT2D eigenvalue weighted by Crippen LogP contribution is -2.52. The summed E-state index contributed by atoms with van der Waals surface area (Å²) in [5.74, 6) is 0. The molecule has 3 rings (SSSR count). The van der Waals surface area contributed by atoms with E-state index in [1.807, 2.05) is 12.4 Å². The fourth-order valence-corrected chi connectivity index (χ4v) is 3.60. The van der Waals surface area contributed by atoms with Gasteiger partial charge in [-0.25, -0.2) is 0 Å². The Balaban J connectivity index is 1.65. The lowest BCUT2D eigenvalue weighted by molar-refractivity contribution is 0.0638. The van der Waals surface area contributed by atoms with Gasteiger partial charge in [-0.15, -0.1) is 0 Å². The Labute approximate surface area is 139 Å². The first kappa shape index (κ1) is 16.8. The third kappa shape index (κ3) is 4.71. The Morgan fingerprint density at radius 3 is 2.35 bits per heavy atom. The molecule has 1 atom stereocenters. The summed E-state index contributed by atoms with van der Waals surface area (Å²) in [7, 11) is 0. The van der Waals surface area contributed by atoms with E-state index in [1.54, 1.807) is 0 Å². The zero-order valence-electron chi connectivity index (χ0n) is 13.9. The monoisotopic (exact) mass is 319 g/mol. The van der Waals surface area contributed by atoms with Gasteiger partial charge in [-0.2, -0.15) is 0 Å². The first-order valence-electron chi connectivity index (χ1n) is 8.77. The number of hydrogen-bond acceptors (Lipinski definition) is 6. The smallest absolute Gasteiger partial charge is 0.0558 e. The van der Waals surface area contributed by atoms with Crippen LogP contribution in [0.3, 0.4) is 0 Å². The predicted molar refractivity (Wildman–Crippen MR) is 91.4 cm³/mol. The van der Waals surface area contributed by atoms with E-state index in [9.17, 15) is 0 Å². The summed E-state index contributed by atoms with van der Waals surface area (Å²) in [4.78, 5) is 11.7. The molecule has 6 nitrogen and oxygen atoms in total. The molecule has 23 heavy (non-hydrogen) atoms. The van der Waals surface area contributed by atoms with E-state index < -0.39 is 0 Å². The summed E-state index contributed by atoms with van der Waals surface area (Å²) in [5, 5.41) is 12.5. The van der Waals surface area contributed by atoms with Crippen LogP contribution in [-0.2, 0) is 0 Å². The maximum atomic E-state index is 9.11. The average Bonchev–Trinajstić information content (AvgIpc) is 2.62. The number of aromatic nitrogens is 1. The van der Waals surface area contributed by atoms with Gasteiger partial charge < -0.3 is 10.4 Å². The molecule has 0 aromatic carbocycles. The molecule has 2 aliphatic rings. The van der Waals surface area contributed by atoms with E-state index >= 15 is 0 Å². The molecular weight excluding hydrogens is 290 g/mol. The summed E-state index contributed by atoms with van der Waals surface area (Å²) < 4.78 is 0. The number of rotatable bonds is 6. The van der Waals surface area contributed by atoms with Gasteiger partial charge in [-0.05, 0) is 17.7 Å². The van der Waals surface area contributed by atoms with Gasteiger partial charge in [0.25, 0.3) is 0 Å². The molecule has 2 fully saturated rings. The molecule has 1 aromatic rings. The van der Waals surface area contributed by atoms with Crippen LogP contribution in [0.5, 0.6) is 0 Å².